The summed E-state index contributed by atoms with van der Waals surface area (Å²) >= 11 is 0. The van der Waals surface area contributed by atoms with Gasteiger partial charge in [-0.15, -0.1) is 0 Å². The van der Waals surface area contributed by atoms with Crippen molar-refractivity contribution in [2.75, 3.05) is 19.8 Å². The second-order valence-corrected chi connectivity index (χ2v) is 15.6. The molecule has 0 aliphatic carbocycles. The lowest BCUT2D eigenvalue weighted by atomic mass is 10.1. The minimum absolute atomic E-state index is 0.0563. The largest absolute Gasteiger partial charge is 0.462 e. The first-order chi connectivity index (χ1) is 28.6. The summed E-state index contributed by atoms with van der Waals surface area (Å²) in [4.78, 5) is 25.3. The van der Waals surface area contributed by atoms with E-state index in [1.807, 2.05) is 0 Å². The Bertz CT molecular complexity index is 1090. The number of carbonyl (C=O) groups is 2. The predicted molar refractivity (Wildman–Crippen MR) is 251 cm³/mol. The van der Waals surface area contributed by atoms with Crippen LogP contribution in [0.1, 0.15) is 213 Å². The number of ether oxygens (including phenoxy) is 3. The molecule has 0 aromatic heterocycles. The molecule has 0 heterocycles. The second kappa shape index (κ2) is 48.4. The van der Waals surface area contributed by atoms with E-state index in [4.69, 9.17) is 14.2 Å². The van der Waals surface area contributed by atoms with Crippen LogP contribution in [0.2, 0.25) is 0 Å². The molecule has 0 saturated heterocycles. The minimum atomic E-state index is -0.569. The van der Waals surface area contributed by atoms with Crippen molar-refractivity contribution in [1.29, 1.82) is 0 Å². The maximum absolute atomic E-state index is 12.7. The summed E-state index contributed by atoms with van der Waals surface area (Å²) in [5, 5.41) is 0. The van der Waals surface area contributed by atoms with Crippen LogP contribution in [-0.4, -0.2) is 37.9 Å². The number of unbranched alkanes of at least 4 members (excludes halogenated alkanes) is 18. The van der Waals surface area contributed by atoms with Gasteiger partial charge >= 0.3 is 11.9 Å². The van der Waals surface area contributed by atoms with E-state index in [1.54, 1.807) is 0 Å². The first-order valence-electron chi connectivity index (χ1n) is 24.1. The van der Waals surface area contributed by atoms with Crippen molar-refractivity contribution in [3.05, 3.63) is 85.1 Å². The highest BCUT2D eigenvalue weighted by molar-refractivity contribution is 5.70. The molecule has 1 unspecified atom stereocenters. The topological polar surface area (TPSA) is 61.8 Å². The van der Waals surface area contributed by atoms with E-state index in [0.717, 1.165) is 109 Å². The number of allylic oxidation sites excluding steroid dienone is 14. The lowest BCUT2D eigenvalue weighted by Gasteiger charge is -2.18. The Morgan fingerprint density at radius 1 is 0.397 bits per heavy atom. The van der Waals surface area contributed by atoms with Gasteiger partial charge in [0, 0.05) is 19.4 Å². The van der Waals surface area contributed by atoms with Crippen LogP contribution in [0.4, 0.5) is 0 Å². The van der Waals surface area contributed by atoms with Crippen LogP contribution in [0.15, 0.2) is 85.1 Å². The molecule has 0 fully saturated rings. The average molecular weight is 807 g/mol. The van der Waals surface area contributed by atoms with Crippen LogP contribution < -0.4 is 0 Å². The third-order valence-corrected chi connectivity index (χ3v) is 9.90. The zero-order valence-electron chi connectivity index (χ0n) is 38.0. The highest BCUT2D eigenvalue weighted by atomic mass is 16.6. The molecule has 0 aliphatic heterocycles. The van der Waals surface area contributed by atoms with Gasteiger partial charge in [0.25, 0.3) is 0 Å². The van der Waals surface area contributed by atoms with E-state index in [2.05, 4.69) is 106 Å². The lowest BCUT2D eigenvalue weighted by molar-refractivity contribution is -0.163. The maximum atomic E-state index is 12.7. The highest BCUT2D eigenvalue weighted by Gasteiger charge is 2.17. The first kappa shape index (κ1) is 55.1. The van der Waals surface area contributed by atoms with Crippen LogP contribution in [0, 0.1) is 0 Å². The highest BCUT2D eigenvalue weighted by Crippen LogP contribution is 2.12. The van der Waals surface area contributed by atoms with E-state index in [9.17, 15) is 9.59 Å². The number of rotatable bonds is 43. The lowest BCUT2D eigenvalue weighted by Crippen LogP contribution is -2.30. The Balaban J connectivity index is 4.36. The summed E-state index contributed by atoms with van der Waals surface area (Å²) < 4.78 is 17.3. The fraction of sp³-hybridized carbons (Fsp3) is 0.698. The summed E-state index contributed by atoms with van der Waals surface area (Å²) in [6, 6.07) is 0. The number of esters is 2. The molecular formula is C53H90O5. The third kappa shape index (κ3) is 45.8. The van der Waals surface area contributed by atoms with Crippen LogP contribution in [0.25, 0.3) is 0 Å². The van der Waals surface area contributed by atoms with Gasteiger partial charge < -0.3 is 14.2 Å². The Morgan fingerprint density at radius 3 is 1.28 bits per heavy atom. The Morgan fingerprint density at radius 2 is 0.776 bits per heavy atom. The van der Waals surface area contributed by atoms with Crippen molar-refractivity contribution in [3.8, 4) is 0 Å². The molecule has 5 heteroatoms. The van der Waals surface area contributed by atoms with Crippen molar-refractivity contribution < 1.29 is 23.8 Å². The van der Waals surface area contributed by atoms with Gasteiger partial charge in [0.1, 0.15) is 6.61 Å². The van der Waals surface area contributed by atoms with Crippen molar-refractivity contribution in [2.24, 2.45) is 0 Å². The van der Waals surface area contributed by atoms with Gasteiger partial charge in [-0.05, 0) is 109 Å². The first-order valence-corrected chi connectivity index (χ1v) is 24.1. The summed E-state index contributed by atoms with van der Waals surface area (Å²) in [6.45, 7) is 7.50. The van der Waals surface area contributed by atoms with Gasteiger partial charge in [-0.3, -0.25) is 9.59 Å². The van der Waals surface area contributed by atoms with Gasteiger partial charge in [-0.1, -0.05) is 176 Å². The normalized spacial score (nSPS) is 12.9. The molecule has 5 nitrogen and oxygen atoms in total. The molecular weight excluding hydrogens is 717 g/mol. The fourth-order valence-electron chi connectivity index (χ4n) is 6.36. The molecule has 0 aliphatic rings. The zero-order chi connectivity index (χ0) is 42.1. The molecule has 0 amide bonds. The molecule has 58 heavy (non-hydrogen) atoms. The van der Waals surface area contributed by atoms with E-state index in [0.29, 0.717) is 19.4 Å². The van der Waals surface area contributed by atoms with E-state index >= 15 is 0 Å². The van der Waals surface area contributed by atoms with Crippen molar-refractivity contribution in [2.45, 2.75) is 219 Å². The Labute approximate surface area is 359 Å². The average Bonchev–Trinajstić information content (AvgIpc) is 3.22. The van der Waals surface area contributed by atoms with Gasteiger partial charge in [0.15, 0.2) is 6.10 Å². The van der Waals surface area contributed by atoms with Crippen LogP contribution in [0.3, 0.4) is 0 Å². The van der Waals surface area contributed by atoms with E-state index in [-0.39, 0.29) is 25.2 Å². The summed E-state index contributed by atoms with van der Waals surface area (Å²) in [6.07, 6.45) is 63.0. The van der Waals surface area contributed by atoms with Crippen molar-refractivity contribution in [3.63, 3.8) is 0 Å². The van der Waals surface area contributed by atoms with Crippen molar-refractivity contribution >= 4 is 11.9 Å². The molecule has 0 aromatic carbocycles. The molecule has 0 aromatic rings. The molecule has 0 N–H and O–H groups in total. The smallest absolute Gasteiger partial charge is 0.306 e. The second-order valence-electron chi connectivity index (χ2n) is 15.6. The monoisotopic (exact) mass is 807 g/mol. The number of hydrogen-bond donors (Lipinski definition) is 0. The SMILES string of the molecule is CC/C=C\C/C=C\C/C=C\CCCCCCOCC(COC(=O)CCCCCCC/C=C\CCCCCCCC)OC(=O)CCCCC/C=C\C/C=C\C/C=C\CC. The maximum Gasteiger partial charge on any atom is 0.306 e. The van der Waals surface area contributed by atoms with Crippen molar-refractivity contribution in [1.82, 2.24) is 0 Å². The fourth-order valence-corrected chi connectivity index (χ4v) is 6.36. The van der Waals surface area contributed by atoms with E-state index < -0.39 is 6.10 Å². The molecule has 0 rings (SSSR count). The zero-order valence-corrected chi connectivity index (χ0v) is 38.0. The molecule has 0 bridgehead atoms. The quantitative estimate of drug-likeness (QED) is 0.0349. The Kier molecular flexibility index (Phi) is 46.0. The minimum Gasteiger partial charge on any atom is -0.462 e. The van der Waals surface area contributed by atoms with Crippen LogP contribution >= 0.6 is 0 Å². The summed E-state index contributed by atoms with van der Waals surface area (Å²) in [5.41, 5.74) is 0. The standard InChI is InChI=1S/C53H90O5/c1-4-7-10-13-16-19-22-25-27-29-31-34-37-40-43-46-52(54)57-50-51(49-56-48-45-42-39-36-33-30-26-23-20-17-14-11-8-5-2)58-53(55)47-44-41-38-35-32-28-24-21-18-15-12-9-6-3/h8-9,11-12,17-18,20-21,25-28,30,32,51H,4-7,10,13-16,19,22-24,29,31,33-50H2,1-3H3/b11-8-,12-9-,20-17-,21-18-,27-25-,30-26-,32-28-. The number of hydrogen-bond acceptors (Lipinski definition) is 5. The Hall–Kier alpha value is -2.92. The van der Waals surface area contributed by atoms with Gasteiger partial charge in [0.05, 0.1) is 6.61 Å². The molecule has 1 atom stereocenters. The molecule has 0 radical (unpaired) electrons. The third-order valence-electron chi connectivity index (χ3n) is 9.90. The molecule has 332 valence electrons. The predicted octanol–water partition coefficient (Wildman–Crippen LogP) is 16.1. The van der Waals surface area contributed by atoms with Gasteiger partial charge in [0.2, 0.25) is 0 Å². The van der Waals surface area contributed by atoms with Gasteiger partial charge in [-0.25, -0.2) is 0 Å². The van der Waals surface area contributed by atoms with Crippen LogP contribution in [0.5, 0.6) is 0 Å². The van der Waals surface area contributed by atoms with Crippen LogP contribution in [-0.2, 0) is 23.8 Å². The summed E-state index contributed by atoms with van der Waals surface area (Å²) in [7, 11) is 0. The molecule has 0 saturated carbocycles. The van der Waals surface area contributed by atoms with Gasteiger partial charge in [-0.2, -0.15) is 0 Å². The molecule has 0 spiro atoms. The van der Waals surface area contributed by atoms with E-state index in [1.165, 1.54) is 70.6 Å². The summed E-state index contributed by atoms with van der Waals surface area (Å²) in [5.74, 6) is -0.457. The number of carbonyl (C=O) groups excluding carboxylic acids is 2.